The Labute approximate surface area is 188 Å². The second kappa shape index (κ2) is 8.54. The maximum absolute atomic E-state index is 13.6. The van der Waals surface area contributed by atoms with Crippen LogP contribution >= 0.6 is 0 Å². The summed E-state index contributed by atoms with van der Waals surface area (Å²) in [6.45, 7) is 3.28. The number of rotatable bonds is 6. The third-order valence-corrected chi connectivity index (χ3v) is 5.32. The fourth-order valence-electron chi connectivity index (χ4n) is 3.70. The van der Waals surface area contributed by atoms with E-state index in [-0.39, 0.29) is 27.6 Å². The molecule has 0 unspecified atom stereocenters. The van der Waals surface area contributed by atoms with Gasteiger partial charge >= 0.3 is 0 Å². The molecule has 3 aromatic carbocycles. The lowest BCUT2D eigenvalue weighted by Crippen LogP contribution is -2.11. The van der Waals surface area contributed by atoms with E-state index < -0.39 is 10.7 Å². The molecule has 0 radical (unpaired) electrons. The third-order valence-electron chi connectivity index (χ3n) is 5.32. The summed E-state index contributed by atoms with van der Waals surface area (Å²) in [6.07, 6.45) is 0. The SMILES string of the molecule is COc1ccc(-c2cc(=O)c3c(C)oc(C)c3c([O-])c2NNc2ccc([N+](=O)[O-])cc2)cc1. The molecule has 0 fully saturated rings. The lowest BCUT2D eigenvalue weighted by Gasteiger charge is -2.19. The second-order valence-corrected chi connectivity index (χ2v) is 7.37. The molecule has 4 rings (SSSR count). The molecule has 0 aliphatic rings. The summed E-state index contributed by atoms with van der Waals surface area (Å²) in [4.78, 5) is 23.5. The van der Waals surface area contributed by atoms with Crippen LogP contribution in [-0.2, 0) is 0 Å². The molecule has 4 aromatic rings. The monoisotopic (exact) mass is 446 g/mol. The molecule has 0 saturated carbocycles. The van der Waals surface area contributed by atoms with Crippen molar-refractivity contribution in [2.24, 2.45) is 0 Å². The van der Waals surface area contributed by atoms with Crippen molar-refractivity contribution in [1.82, 2.24) is 0 Å². The van der Waals surface area contributed by atoms with E-state index in [0.717, 1.165) is 0 Å². The minimum atomic E-state index is -0.498. The summed E-state index contributed by atoms with van der Waals surface area (Å²) in [5.41, 5.74) is 7.04. The van der Waals surface area contributed by atoms with Gasteiger partial charge in [-0.15, -0.1) is 0 Å². The van der Waals surface area contributed by atoms with Gasteiger partial charge in [-0.3, -0.25) is 14.9 Å². The van der Waals surface area contributed by atoms with Crippen molar-refractivity contribution in [3.63, 3.8) is 0 Å². The first-order valence-corrected chi connectivity index (χ1v) is 9.99. The van der Waals surface area contributed by atoms with Crippen LogP contribution in [0.3, 0.4) is 0 Å². The number of nitrogens with one attached hydrogen (secondary N) is 2. The number of hydrazine groups is 1. The van der Waals surface area contributed by atoms with Crippen LogP contribution < -0.4 is 26.1 Å². The number of fused-ring (bicyclic) bond motifs is 1. The van der Waals surface area contributed by atoms with Crippen molar-refractivity contribution in [3.8, 4) is 22.6 Å². The first-order valence-electron chi connectivity index (χ1n) is 9.99. The minimum Gasteiger partial charge on any atom is -0.871 e. The van der Waals surface area contributed by atoms with E-state index >= 15 is 0 Å². The summed E-state index contributed by atoms with van der Waals surface area (Å²) in [7, 11) is 1.55. The lowest BCUT2D eigenvalue weighted by atomic mass is 10.1. The first kappa shape index (κ1) is 21.7. The maximum atomic E-state index is 13.6. The summed E-state index contributed by atoms with van der Waals surface area (Å²) in [5.74, 6) is 0.934. The molecule has 1 heterocycles. The van der Waals surface area contributed by atoms with Crippen molar-refractivity contribution >= 4 is 27.8 Å². The highest BCUT2D eigenvalue weighted by Crippen LogP contribution is 2.39. The molecule has 0 saturated heterocycles. The number of benzene rings is 2. The fourth-order valence-corrected chi connectivity index (χ4v) is 3.70. The highest BCUT2D eigenvalue weighted by molar-refractivity contribution is 5.99. The first-order chi connectivity index (χ1) is 15.8. The Kier molecular flexibility index (Phi) is 5.61. The third kappa shape index (κ3) is 4.03. The number of anilines is 2. The van der Waals surface area contributed by atoms with Crippen LogP contribution in [0, 0.1) is 24.0 Å². The van der Waals surface area contributed by atoms with Crippen molar-refractivity contribution < 1.29 is 19.2 Å². The highest BCUT2D eigenvalue weighted by atomic mass is 16.6. The van der Waals surface area contributed by atoms with E-state index in [4.69, 9.17) is 9.15 Å². The fraction of sp³-hybridized carbons (Fsp3) is 0.125. The molecule has 0 aliphatic carbocycles. The number of hydrogen-bond acceptors (Lipinski definition) is 8. The number of nitro groups is 1. The van der Waals surface area contributed by atoms with E-state index in [1.54, 1.807) is 45.2 Å². The minimum absolute atomic E-state index is 0.0581. The Balaban J connectivity index is 1.88. The van der Waals surface area contributed by atoms with Gasteiger partial charge in [0.05, 0.1) is 28.8 Å². The Bertz CT molecular complexity index is 1410. The van der Waals surface area contributed by atoms with Crippen LogP contribution in [0.4, 0.5) is 17.1 Å². The Morgan fingerprint density at radius 2 is 1.58 bits per heavy atom. The smallest absolute Gasteiger partial charge is 0.269 e. The summed E-state index contributed by atoms with van der Waals surface area (Å²) in [6, 6.07) is 14.1. The van der Waals surface area contributed by atoms with Crippen LogP contribution in [0.15, 0.2) is 63.8 Å². The molecule has 0 bridgehead atoms. The summed E-state index contributed by atoms with van der Waals surface area (Å²) >= 11 is 0. The van der Waals surface area contributed by atoms with Gasteiger partial charge in [0.2, 0.25) is 0 Å². The predicted molar refractivity (Wildman–Crippen MR) is 124 cm³/mol. The molecule has 33 heavy (non-hydrogen) atoms. The van der Waals surface area contributed by atoms with E-state index in [1.807, 2.05) is 0 Å². The van der Waals surface area contributed by atoms with Crippen LogP contribution in [0.25, 0.3) is 21.9 Å². The van der Waals surface area contributed by atoms with Gasteiger partial charge < -0.3 is 25.1 Å². The average Bonchev–Trinajstić information content (AvgIpc) is 3.05. The molecular weight excluding hydrogens is 426 g/mol. The van der Waals surface area contributed by atoms with Crippen molar-refractivity contribution in [1.29, 1.82) is 0 Å². The van der Waals surface area contributed by atoms with Gasteiger partial charge in [0, 0.05) is 23.1 Å². The number of non-ortho nitro benzene ring substituents is 1. The number of hydrogen-bond donors (Lipinski definition) is 2. The number of methoxy groups -OCH3 is 1. The molecule has 168 valence electrons. The molecule has 0 spiro atoms. The number of nitro benzene ring substituents is 1. The topological polar surface area (TPSA) is 130 Å². The standard InChI is InChI=1S/C24H21N3O6/c1-13-21-20(28)12-19(15-4-10-18(32-3)11-5-15)23(24(29)22(21)14(2)33-13)26-25-16-6-8-17(9-7-16)27(30)31/h4-12,25-26,29H,1-3H3/p-1. The van der Waals surface area contributed by atoms with Gasteiger partial charge in [-0.05, 0) is 49.7 Å². The molecule has 0 amide bonds. The van der Waals surface area contributed by atoms with Crippen LogP contribution in [0.1, 0.15) is 11.5 Å². The van der Waals surface area contributed by atoms with Gasteiger partial charge in [0.15, 0.2) is 5.43 Å². The molecule has 9 heteroatoms. The quantitative estimate of drug-likeness (QED) is 0.327. The molecular formula is C24H20N3O6-. The van der Waals surface area contributed by atoms with E-state index in [2.05, 4.69) is 10.9 Å². The van der Waals surface area contributed by atoms with Gasteiger partial charge in [-0.1, -0.05) is 17.9 Å². The average molecular weight is 446 g/mol. The van der Waals surface area contributed by atoms with Gasteiger partial charge in [0.1, 0.15) is 17.3 Å². The van der Waals surface area contributed by atoms with Gasteiger partial charge in [0.25, 0.3) is 5.69 Å². The largest absolute Gasteiger partial charge is 0.871 e. The Morgan fingerprint density at radius 3 is 2.18 bits per heavy atom. The number of ether oxygens (including phenoxy) is 1. The zero-order chi connectivity index (χ0) is 23.7. The van der Waals surface area contributed by atoms with E-state index in [1.165, 1.54) is 30.3 Å². The predicted octanol–water partition coefficient (Wildman–Crippen LogP) is 4.51. The van der Waals surface area contributed by atoms with Crippen molar-refractivity contribution in [2.75, 3.05) is 18.0 Å². The van der Waals surface area contributed by atoms with Crippen LogP contribution in [-0.4, -0.2) is 12.0 Å². The molecule has 1 aromatic heterocycles. The van der Waals surface area contributed by atoms with Crippen molar-refractivity contribution in [2.45, 2.75) is 13.8 Å². The van der Waals surface area contributed by atoms with Crippen molar-refractivity contribution in [3.05, 3.63) is 86.5 Å². The zero-order valence-corrected chi connectivity index (χ0v) is 18.1. The van der Waals surface area contributed by atoms with Gasteiger partial charge in [-0.25, -0.2) is 0 Å². The highest BCUT2D eigenvalue weighted by Gasteiger charge is 2.16. The van der Waals surface area contributed by atoms with Gasteiger partial charge in [-0.2, -0.15) is 0 Å². The molecule has 0 aliphatic heterocycles. The maximum Gasteiger partial charge on any atom is 0.269 e. The summed E-state index contributed by atoms with van der Waals surface area (Å²) in [5, 5.41) is 24.9. The van der Waals surface area contributed by atoms with E-state index in [9.17, 15) is 20.0 Å². The molecule has 9 nitrogen and oxygen atoms in total. The number of nitrogens with zero attached hydrogens (tertiary/aromatic N) is 1. The number of aryl methyl sites for hydroxylation is 2. The van der Waals surface area contributed by atoms with Crippen LogP contribution in [0.2, 0.25) is 0 Å². The Hall–Kier alpha value is -4.53. The Morgan fingerprint density at radius 1 is 0.939 bits per heavy atom. The lowest BCUT2D eigenvalue weighted by molar-refractivity contribution is -0.384. The molecule has 0 atom stereocenters. The number of furan rings is 1. The second-order valence-electron chi connectivity index (χ2n) is 7.37. The van der Waals surface area contributed by atoms with Crippen LogP contribution in [0.5, 0.6) is 11.5 Å². The normalized spacial score (nSPS) is 10.8. The summed E-state index contributed by atoms with van der Waals surface area (Å²) < 4.78 is 10.8. The zero-order valence-electron chi connectivity index (χ0n) is 18.1. The molecule has 2 N–H and O–H groups in total. The van der Waals surface area contributed by atoms with E-state index in [0.29, 0.717) is 34.1 Å².